The van der Waals surface area contributed by atoms with Crippen LogP contribution in [0.3, 0.4) is 0 Å². The van der Waals surface area contributed by atoms with Crippen molar-refractivity contribution < 1.29 is 56.8 Å². The van der Waals surface area contributed by atoms with Crippen LogP contribution < -0.4 is 0 Å². The minimum absolute atomic E-state index is 0.522. The van der Waals surface area contributed by atoms with Crippen LogP contribution in [0.25, 0.3) is 0 Å². The molecule has 0 N–H and O–H groups in total. The fourth-order valence-electron chi connectivity index (χ4n) is 5.20. The molecule has 0 amide bonds. The SMILES string of the molecule is CCCCCCCCCCCCCOCCOCCOCCOCCOCCOCCOCCOCCOCCOCCOCCOCCCCCCC. The van der Waals surface area contributed by atoms with Gasteiger partial charge in [-0.05, 0) is 12.8 Å². The van der Waals surface area contributed by atoms with Crippen molar-refractivity contribution in [2.75, 3.05) is 159 Å². The van der Waals surface area contributed by atoms with E-state index in [4.69, 9.17) is 56.8 Å². The summed E-state index contributed by atoms with van der Waals surface area (Å²) in [6.45, 7) is 18.4. The highest BCUT2D eigenvalue weighted by Gasteiger charge is 1.98. The first-order valence-corrected chi connectivity index (χ1v) is 21.8. The molecule has 0 bridgehead atoms. The predicted octanol–water partition coefficient (Wildman–Crippen LogP) is 7.47. The third kappa shape index (κ3) is 51.5. The van der Waals surface area contributed by atoms with Crippen molar-refractivity contribution in [3.8, 4) is 0 Å². The van der Waals surface area contributed by atoms with Gasteiger partial charge in [0.2, 0.25) is 0 Å². The Hall–Kier alpha value is -0.480. The minimum atomic E-state index is 0.522. The van der Waals surface area contributed by atoms with Crippen LogP contribution in [0.15, 0.2) is 0 Å². The Labute approximate surface area is 331 Å². The molecular weight excluding hydrogens is 696 g/mol. The Balaban J connectivity index is 3.05. The van der Waals surface area contributed by atoms with Gasteiger partial charge in [0.05, 0.1) is 145 Å². The summed E-state index contributed by atoms with van der Waals surface area (Å²) in [5.74, 6) is 0. The molecule has 0 aliphatic rings. The molecule has 0 spiro atoms. The number of unbranched alkanes of at least 4 members (excludes halogenated alkanes) is 14. The Bertz CT molecular complexity index is 582. The van der Waals surface area contributed by atoms with Crippen LogP contribution >= 0.6 is 0 Å². The molecule has 326 valence electrons. The summed E-state index contributed by atoms with van der Waals surface area (Å²) < 4.78 is 66.5. The van der Waals surface area contributed by atoms with E-state index in [9.17, 15) is 0 Å². The third-order valence-corrected chi connectivity index (χ3v) is 8.38. The summed E-state index contributed by atoms with van der Waals surface area (Å²) in [7, 11) is 0. The summed E-state index contributed by atoms with van der Waals surface area (Å²) in [6, 6.07) is 0. The molecule has 0 unspecified atom stereocenters. The number of hydrogen-bond acceptors (Lipinski definition) is 12. The van der Waals surface area contributed by atoms with E-state index in [1.54, 1.807) is 0 Å². The number of hydrogen-bond donors (Lipinski definition) is 0. The molecule has 12 nitrogen and oxygen atoms in total. The summed E-state index contributed by atoms with van der Waals surface area (Å²) in [6.07, 6.45) is 21.2. The smallest absolute Gasteiger partial charge is 0.0701 e. The zero-order valence-corrected chi connectivity index (χ0v) is 35.2. The Morgan fingerprint density at radius 3 is 0.444 bits per heavy atom. The highest BCUT2D eigenvalue weighted by Crippen LogP contribution is 2.11. The lowest BCUT2D eigenvalue weighted by atomic mass is 10.1. The van der Waals surface area contributed by atoms with Gasteiger partial charge in [-0.2, -0.15) is 0 Å². The largest absolute Gasteiger partial charge is 0.379 e. The molecule has 54 heavy (non-hydrogen) atoms. The van der Waals surface area contributed by atoms with E-state index in [0.717, 1.165) is 26.1 Å². The molecule has 0 radical (unpaired) electrons. The standard InChI is InChI=1S/C42H86O12/c1-3-5-7-9-10-11-12-13-14-16-18-20-44-22-24-46-26-28-48-30-32-50-34-36-52-38-40-54-42-41-53-39-37-51-35-33-49-31-29-47-27-25-45-23-21-43-19-17-15-8-6-4-2/h3-42H2,1-2H3. The molecule has 0 aliphatic carbocycles. The maximum atomic E-state index is 5.67. The van der Waals surface area contributed by atoms with Crippen molar-refractivity contribution in [3.05, 3.63) is 0 Å². The maximum Gasteiger partial charge on any atom is 0.0701 e. The Kier molecular flexibility index (Phi) is 52.1. The zero-order chi connectivity index (χ0) is 38.8. The van der Waals surface area contributed by atoms with Gasteiger partial charge in [-0.3, -0.25) is 0 Å². The van der Waals surface area contributed by atoms with Crippen molar-refractivity contribution in [1.29, 1.82) is 0 Å². The molecule has 0 saturated carbocycles. The van der Waals surface area contributed by atoms with Crippen LogP contribution in [-0.4, -0.2) is 159 Å². The summed E-state index contributed by atoms with van der Waals surface area (Å²) in [5.41, 5.74) is 0. The number of ether oxygens (including phenoxy) is 12. The highest BCUT2D eigenvalue weighted by atomic mass is 16.6. The fraction of sp³-hybridized carbons (Fsp3) is 1.00. The van der Waals surface area contributed by atoms with Gasteiger partial charge in [0.25, 0.3) is 0 Å². The molecule has 0 aliphatic heterocycles. The lowest BCUT2D eigenvalue weighted by Crippen LogP contribution is -2.15. The van der Waals surface area contributed by atoms with E-state index >= 15 is 0 Å². The van der Waals surface area contributed by atoms with Crippen LogP contribution in [-0.2, 0) is 56.8 Å². The topological polar surface area (TPSA) is 111 Å². The molecule has 12 heteroatoms. The first-order valence-electron chi connectivity index (χ1n) is 21.8. The molecule has 0 rings (SSSR count). The first kappa shape index (κ1) is 53.5. The second-order valence-corrected chi connectivity index (χ2v) is 13.3. The minimum Gasteiger partial charge on any atom is -0.379 e. The Morgan fingerprint density at radius 2 is 0.278 bits per heavy atom. The van der Waals surface area contributed by atoms with Crippen LogP contribution in [0.4, 0.5) is 0 Å². The third-order valence-electron chi connectivity index (χ3n) is 8.38. The monoisotopic (exact) mass is 783 g/mol. The van der Waals surface area contributed by atoms with Gasteiger partial charge in [0, 0.05) is 13.2 Å². The lowest BCUT2D eigenvalue weighted by molar-refractivity contribution is -0.0284. The van der Waals surface area contributed by atoms with Gasteiger partial charge in [-0.15, -0.1) is 0 Å². The van der Waals surface area contributed by atoms with Crippen molar-refractivity contribution >= 4 is 0 Å². The molecular formula is C42H86O12. The summed E-state index contributed by atoms with van der Waals surface area (Å²) in [5, 5.41) is 0. The van der Waals surface area contributed by atoms with E-state index in [0.29, 0.717) is 145 Å². The van der Waals surface area contributed by atoms with E-state index in [2.05, 4.69) is 13.8 Å². The first-order chi connectivity index (χ1) is 26.9. The lowest BCUT2D eigenvalue weighted by Gasteiger charge is -2.09. The number of rotatable bonds is 51. The quantitative estimate of drug-likeness (QED) is 0.0571. The van der Waals surface area contributed by atoms with Gasteiger partial charge in [-0.1, -0.05) is 104 Å². The van der Waals surface area contributed by atoms with E-state index in [-0.39, 0.29) is 0 Å². The van der Waals surface area contributed by atoms with Crippen molar-refractivity contribution in [3.63, 3.8) is 0 Å². The van der Waals surface area contributed by atoms with Crippen molar-refractivity contribution in [1.82, 2.24) is 0 Å². The van der Waals surface area contributed by atoms with Crippen LogP contribution in [0, 0.1) is 0 Å². The zero-order valence-electron chi connectivity index (χ0n) is 35.2. The summed E-state index contributed by atoms with van der Waals surface area (Å²) >= 11 is 0. The van der Waals surface area contributed by atoms with Crippen LogP contribution in [0.1, 0.15) is 117 Å². The van der Waals surface area contributed by atoms with Crippen LogP contribution in [0.5, 0.6) is 0 Å². The van der Waals surface area contributed by atoms with E-state index in [1.807, 2.05) is 0 Å². The molecule has 0 fully saturated rings. The normalized spacial score (nSPS) is 11.7. The second kappa shape index (κ2) is 52.5. The van der Waals surface area contributed by atoms with Gasteiger partial charge >= 0.3 is 0 Å². The van der Waals surface area contributed by atoms with Crippen LogP contribution in [0.2, 0.25) is 0 Å². The average Bonchev–Trinajstić information content (AvgIpc) is 3.18. The van der Waals surface area contributed by atoms with Gasteiger partial charge in [-0.25, -0.2) is 0 Å². The van der Waals surface area contributed by atoms with Gasteiger partial charge in [0.1, 0.15) is 0 Å². The maximum absolute atomic E-state index is 5.67. The molecule has 0 saturated heterocycles. The molecule has 0 aromatic heterocycles. The van der Waals surface area contributed by atoms with Gasteiger partial charge in [0.15, 0.2) is 0 Å². The summed E-state index contributed by atoms with van der Waals surface area (Å²) in [4.78, 5) is 0. The Morgan fingerprint density at radius 1 is 0.148 bits per heavy atom. The van der Waals surface area contributed by atoms with E-state index in [1.165, 1.54) is 89.9 Å². The van der Waals surface area contributed by atoms with Crippen molar-refractivity contribution in [2.45, 2.75) is 117 Å². The molecule has 0 atom stereocenters. The van der Waals surface area contributed by atoms with E-state index < -0.39 is 0 Å². The van der Waals surface area contributed by atoms with Gasteiger partial charge < -0.3 is 56.8 Å². The molecule has 0 heterocycles. The van der Waals surface area contributed by atoms with Crippen molar-refractivity contribution in [2.24, 2.45) is 0 Å². The fourth-order valence-corrected chi connectivity index (χ4v) is 5.20. The molecule has 0 aromatic carbocycles. The molecule has 0 aromatic rings. The predicted molar refractivity (Wildman–Crippen MR) is 215 cm³/mol. The second-order valence-electron chi connectivity index (χ2n) is 13.3. The highest BCUT2D eigenvalue weighted by molar-refractivity contribution is 4.48. The average molecular weight is 783 g/mol.